The van der Waals surface area contributed by atoms with Crippen LogP contribution in [-0.4, -0.2) is 88.4 Å². The monoisotopic (exact) mass is 714 g/mol. The molecule has 0 atom stereocenters. The summed E-state index contributed by atoms with van der Waals surface area (Å²) < 4.78 is 0. The van der Waals surface area contributed by atoms with E-state index in [1.54, 1.807) is 0 Å². The average molecular weight is 715 g/mol. The second kappa shape index (κ2) is 29.6. The van der Waals surface area contributed by atoms with Crippen molar-refractivity contribution in [2.75, 3.05) is 49.3 Å². The SMILES string of the molecule is CCC[PH](O)(O)CCC.CCC[PH](O)(O)CCC.CCC[PH](O)(O)CCC.CCC[PH](O)(O)CCC.[Pd]. The third-order valence-corrected chi connectivity index (χ3v) is 15.6. The quantitative estimate of drug-likeness (QED) is 0.0771. The molecule has 13 heteroatoms. The smallest absolute Gasteiger partial charge is 0 e. The molecule has 8 N–H and O–H groups in total. The summed E-state index contributed by atoms with van der Waals surface area (Å²) in [5, 5.41) is 0. The van der Waals surface area contributed by atoms with Crippen LogP contribution in [0.1, 0.15) is 107 Å². The van der Waals surface area contributed by atoms with Gasteiger partial charge in [0.2, 0.25) is 0 Å². The Hall–Kier alpha value is 2.06. The molecule has 0 spiro atoms. The van der Waals surface area contributed by atoms with Crippen molar-refractivity contribution in [1.29, 1.82) is 0 Å². The first-order valence-electron chi connectivity index (χ1n) is 14.3. The molecule has 0 aromatic rings. The van der Waals surface area contributed by atoms with Gasteiger partial charge in [-0.2, -0.15) is 0 Å². The van der Waals surface area contributed by atoms with Gasteiger partial charge in [0.15, 0.2) is 0 Å². The molecule has 0 amide bonds. The molecule has 0 radical (unpaired) electrons. The van der Waals surface area contributed by atoms with Gasteiger partial charge in [-0.05, 0) is 0 Å². The molecular formula is C24H68O8P4Pd. The van der Waals surface area contributed by atoms with Crippen LogP contribution in [0, 0.1) is 0 Å². The Kier molecular flexibility index (Phi) is 39.0. The van der Waals surface area contributed by atoms with E-state index in [0.717, 1.165) is 51.4 Å². The van der Waals surface area contributed by atoms with Crippen LogP contribution in [0.25, 0.3) is 0 Å². The summed E-state index contributed by atoms with van der Waals surface area (Å²) in [7, 11) is -10.8. The number of rotatable bonds is 16. The number of hydrogen-bond acceptors (Lipinski definition) is 8. The zero-order valence-corrected chi connectivity index (χ0v) is 30.8. The Labute approximate surface area is 245 Å². The van der Waals surface area contributed by atoms with Crippen LogP contribution in [-0.2, 0) is 20.4 Å². The molecule has 0 aliphatic rings. The Balaban J connectivity index is -0.000000122. The Bertz CT molecular complexity index is 348. The van der Waals surface area contributed by atoms with Crippen molar-refractivity contribution in [2.24, 2.45) is 0 Å². The van der Waals surface area contributed by atoms with E-state index < -0.39 is 30.9 Å². The van der Waals surface area contributed by atoms with Gasteiger partial charge in [-0.1, -0.05) is 0 Å². The van der Waals surface area contributed by atoms with Gasteiger partial charge in [0.1, 0.15) is 0 Å². The van der Waals surface area contributed by atoms with E-state index in [-0.39, 0.29) is 20.4 Å². The summed E-state index contributed by atoms with van der Waals surface area (Å²) in [5.41, 5.74) is 0. The normalized spacial score (nSPS) is 13.4. The Morgan fingerprint density at radius 3 is 0.405 bits per heavy atom. The van der Waals surface area contributed by atoms with E-state index >= 15 is 0 Å². The van der Waals surface area contributed by atoms with Gasteiger partial charge in [-0.15, -0.1) is 0 Å². The zero-order valence-electron chi connectivity index (χ0n) is 25.2. The van der Waals surface area contributed by atoms with E-state index in [4.69, 9.17) is 0 Å². The maximum atomic E-state index is 9.21. The third kappa shape index (κ3) is 42.7. The second-order valence-electron chi connectivity index (χ2n) is 9.93. The van der Waals surface area contributed by atoms with Crippen LogP contribution in [0.2, 0.25) is 0 Å². The fourth-order valence-electron chi connectivity index (χ4n) is 3.70. The van der Waals surface area contributed by atoms with Crippen LogP contribution < -0.4 is 0 Å². The van der Waals surface area contributed by atoms with Crippen molar-refractivity contribution < 1.29 is 59.6 Å². The van der Waals surface area contributed by atoms with Gasteiger partial charge in [0.05, 0.1) is 0 Å². The molecule has 0 rings (SSSR count). The molecule has 0 aromatic carbocycles. The van der Waals surface area contributed by atoms with Crippen molar-refractivity contribution >= 4 is 30.9 Å². The molecular weight excluding hydrogens is 647 g/mol. The molecule has 0 aliphatic carbocycles. The molecule has 0 bridgehead atoms. The topological polar surface area (TPSA) is 162 Å². The standard InChI is InChI=1S/4C6H17O2P.Pd/c4*1-3-5-9(7,8)6-4-2;/h4*7-9H,3-6H2,1-2H3;. The molecule has 0 fully saturated rings. The van der Waals surface area contributed by atoms with E-state index in [1.807, 2.05) is 55.4 Å². The van der Waals surface area contributed by atoms with Gasteiger partial charge in [-0.3, -0.25) is 0 Å². The predicted molar refractivity (Wildman–Crippen MR) is 172 cm³/mol. The summed E-state index contributed by atoms with van der Waals surface area (Å²) >= 11 is 0. The van der Waals surface area contributed by atoms with Crippen LogP contribution >= 0.6 is 30.9 Å². The summed E-state index contributed by atoms with van der Waals surface area (Å²) in [5.74, 6) is 0. The van der Waals surface area contributed by atoms with Gasteiger partial charge >= 0.3 is 226 Å². The predicted octanol–water partition coefficient (Wildman–Crippen LogP) is 5.48. The zero-order chi connectivity index (χ0) is 29.3. The molecule has 37 heavy (non-hydrogen) atoms. The van der Waals surface area contributed by atoms with E-state index in [9.17, 15) is 39.1 Å². The van der Waals surface area contributed by atoms with Gasteiger partial charge < -0.3 is 0 Å². The molecule has 0 aromatic heterocycles. The molecule has 0 aliphatic heterocycles. The maximum Gasteiger partial charge on any atom is 0 e. The molecule has 8 nitrogen and oxygen atoms in total. The minimum Gasteiger partial charge on any atom is 0 e. The summed E-state index contributed by atoms with van der Waals surface area (Å²) in [6, 6.07) is 0. The van der Waals surface area contributed by atoms with Crippen LogP contribution in [0.4, 0.5) is 0 Å². The molecule has 0 saturated carbocycles. The summed E-state index contributed by atoms with van der Waals surface area (Å²) in [6.07, 6.45) is 12.1. The van der Waals surface area contributed by atoms with Gasteiger partial charge in [0, 0.05) is 20.4 Å². The van der Waals surface area contributed by atoms with Crippen molar-refractivity contribution in [1.82, 2.24) is 0 Å². The third-order valence-electron chi connectivity index (χ3n) is 5.20. The summed E-state index contributed by atoms with van der Waals surface area (Å²) in [6.45, 7) is 15.8. The first kappa shape index (κ1) is 48.8. The van der Waals surface area contributed by atoms with Crippen LogP contribution in [0.3, 0.4) is 0 Å². The van der Waals surface area contributed by atoms with Crippen molar-refractivity contribution in [3.05, 3.63) is 0 Å². The summed E-state index contributed by atoms with van der Waals surface area (Å²) in [4.78, 5) is 73.7. The minimum absolute atomic E-state index is 0. The largest absolute Gasteiger partial charge is 0 e. The van der Waals surface area contributed by atoms with Gasteiger partial charge in [0.25, 0.3) is 0 Å². The second-order valence-corrected chi connectivity index (χ2v) is 21.8. The van der Waals surface area contributed by atoms with Crippen molar-refractivity contribution in [3.8, 4) is 0 Å². The van der Waals surface area contributed by atoms with Crippen molar-refractivity contribution in [3.63, 3.8) is 0 Å². The van der Waals surface area contributed by atoms with Crippen LogP contribution in [0.15, 0.2) is 0 Å². The fraction of sp³-hybridized carbons (Fsp3) is 1.00. The Morgan fingerprint density at radius 1 is 0.270 bits per heavy atom. The van der Waals surface area contributed by atoms with E-state index in [2.05, 4.69) is 0 Å². The molecule has 0 unspecified atom stereocenters. The fourth-order valence-corrected chi connectivity index (χ4v) is 11.1. The van der Waals surface area contributed by atoms with Crippen LogP contribution in [0.5, 0.6) is 0 Å². The Morgan fingerprint density at radius 2 is 0.351 bits per heavy atom. The molecule has 242 valence electrons. The average Bonchev–Trinajstić information content (AvgIpc) is 2.69. The molecule has 0 heterocycles. The minimum atomic E-state index is -2.70. The maximum absolute atomic E-state index is 9.21. The number of hydrogen-bond donors (Lipinski definition) is 8. The van der Waals surface area contributed by atoms with E-state index in [0.29, 0.717) is 49.3 Å². The molecule has 0 saturated heterocycles. The van der Waals surface area contributed by atoms with Crippen molar-refractivity contribution in [2.45, 2.75) is 107 Å². The van der Waals surface area contributed by atoms with Gasteiger partial charge in [-0.25, -0.2) is 0 Å². The first-order valence-corrected chi connectivity index (χ1v) is 23.5. The first-order chi connectivity index (χ1) is 16.5. The van der Waals surface area contributed by atoms with E-state index in [1.165, 1.54) is 0 Å².